The minimum absolute atomic E-state index is 0.251. The van der Waals surface area contributed by atoms with Gasteiger partial charge >= 0.3 is 0 Å². The topological polar surface area (TPSA) is 24.5 Å². The first-order valence-corrected chi connectivity index (χ1v) is 7.17. The van der Waals surface area contributed by atoms with Gasteiger partial charge in [-0.3, -0.25) is 4.90 Å². The first kappa shape index (κ1) is 13.3. The van der Waals surface area contributed by atoms with Crippen molar-refractivity contribution in [2.75, 3.05) is 26.2 Å². The second-order valence-corrected chi connectivity index (χ2v) is 6.34. The molecule has 2 fully saturated rings. The second-order valence-electron chi connectivity index (χ2n) is 6.34. The van der Waals surface area contributed by atoms with E-state index in [4.69, 9.17) is 4.74 Å². The molecule has 17 heavy (non-hydrogen) atoms. The van der Waals surface area contributed by atoms with Crippen LogP contribution >= 0.6 is 0 Å². The molecule has 0 amide bonds. The van der Waals surface area contributed by atoms with Crippen molar-refractivity contribution in [2.45, 2.75) is 64.1 Å². The summed E-state index contributed by atoms with van der Waals surface area (Å²) in [6.45, 7) is 11.4. The van der Waals surface area contributed by atoms with E-state index in [1.165, 1.54) is 32.2 Å². The maximum atomic E-state index is 5.72. The normalized spacial score (nSPS) is 34.8. The molecular formula is C14H28N2O. The molecule has 2 atom stereocenters. The Bertz CT molecular complexity index is 236. The number of hydrogen-bond acceptors (Lipinski definition) is 3. The lowest BCUT2D eigenvalue weighted by Crippen LogP contribution is -2.48. The highest BCUT2D eigenvalue weighted by Crippen LogP contribution is 2.19. The van der Waals surface area contributed by atoms with Gasteiger partial charge in [-0.15, -0.1) is 0 Å². The van der Waals surface area contributed by atoms with E-state index in [2.05, 4.69) is 31.0 Å². The van der Waals surface area contributed by atoms with Gasteiger partial charge in [0.2, 0.25) is 0 Å². The Morgan fingerprint density at radius 1 is 1.35 bits per heavy atom. The van der Waals surface area contributed by atoms with Crippen LogP contribution in [0.25, 0.3) is 0 Å². The van der Waals surface area contributed by atoms with Gasteiger partial charge in [0.05, 0.1) is 6.10 Å². The van der Waals surface area contributed by atoms with Gasteiger partial charge in [0.1, 0.15) is 0 Å². The van der Waals surface area contributed by atoms with Gasteiger partial charge in [0, 0.05) is 31.3 Å². The fourth-order valence-electron chi connectivity index (χ4n) is 3.00. The monoisotopic (exact) mass is 240 g/mol. The average molecular weight is 240 g/mol. The highest BCUT2D eigenvalue weighted by atomic mass is 16.5. The Kier molecular flexibility index (Phi) is 4.45. The van der Waals surface area contributed by atoms with E-state index in [1.54, 1.807) is 0 Å². The summed E-state index contributed by atoms with van der Waals surface area (Å²) < 4.78 is 5.72. The molecule has 1 N–H and O–H groups in total. The van der Waals surface area contributed by atoms with E-state index in [9.17, 15) is 0 Å². The third-order valence-corrected chi connectivity index (χ3v) is 4.15. The Labute approximate surface area is 106 Å². The Balaban J connectivity index is 1.83. The summed E-state index contributed by atoms with van der Waals surface area (Å²) in [6.07, 6.45) is 5.52. The second kappa shape index (κ2) is 5.68. The van der Waals surface area contributed by atoms with Gasteiger partial charge in [-0.05, 0) is 53.0 Å². The van der Waals surface area contributed by atoms with Crippen LogP contribution in [0.15, 0.2) is 0 Å². The molecule has 2 rings (SSSR count). The van der Waals surface area contributed by atoms with E-state index >= 15 is 0 Å². The van der Waals surface area contributed by atoms with Crippen LogP contribution in [0.2, 0.25) is 0 Å². The van der Waals surface area contributed by atoms with E-state index in [0.29, 0.717) is 12.1 Å². The lowest BCUT2D eigenvalue weighted by molar-refractivity contribution is 0.0823. The van der Waals surface area contributed by atoms with Gasteiger partial charge < -0.3 is 10.1 Å². The lowest BCUT2D eigenvalue weighted by atomic mass is 10.0. The van der Waals surface area contributed by atoms with Crippen molar-refractivity contribution < 1.29 is 4.74 Å². The molecule has 0 aliphatic carbocycles. The van der Waals surface area contributed by atoms with Crippen molar-refractivity contribution in [2.24, 2.45) is 0 Å². The number of ether oxygens (including phenoxy) is 1. The van der Waals surface area contributed by atoms with Gasteiger partial charge in [-0.2, -0.15) is 0 Å². The van der Waals surface area contributed by atoms with Gasteiger partial charge in [0.15, 0.2) is 0 Å². The summed E-state index contributed by atoms with van der Waals surface area (Å²) in [5.74, 6) is 0. The van der Waals surface area contributed by atoms with E-state index in [1.807, 2.05) is 0 Å². The van der Waals surface area contributed by atoms with Gasteiger partial charge in [-0.25, -0.2) is 0 Å². The molecule has 0 spiro atoms. The zero-order valence-corrected chi connectivity index (χ0v) is 11.7. The third kappa shape index (κ3) is 3.94. The summed E-state index contributed by atoms with van der Waals surface area (Å²) in [5.41, 5.74) is 0.251. The van der Waals surface area contributed by atoms with Crippen LogP contribution in [0.3, 0.4) is 0 Å². The van der Waals surface area contributed by atoms with Crippen LogP contribution in [-0.2, 0) is 4.74 Å². The molecule has 3 nitrogen and oxygen atoms in total. The van der Waals surface area contributed by atoms with E-state index in [-0.39, 0.29) is 5.54 Å². The fraction of sp³-hybridized carbons (Fsp3) is 1.00. The number of hydrogen-bond donors (Lipinski definition) is 1. The minimum atomic E-state index is 0.251. The Morgan fingerprint density at radius 3 is 2.88 bits per heavy atom. The van der Waals surface area contributed by atoms with Crippen molar-refractivity contribution in [3.8, 4) is 0 Å². The summed E-state index contributed by atoms with van der Waals surface area (Å²) in [5, 5.41) is 3.64. The molecule has 2 unspecified atom stereocenters. The first-order chi connectivity index (χ1) is 8.07. The Hall–Kier alpha value is -0.120. The predicted molar refractivity (Wildman–Crippen MR) is 71.3 cm³/mol. The van der Waals surface area contributed by atoms with Crippen molar-refractivity contribution in [3.63, 3.8) is 0 Å². The van der Waals surface area contributed by atoms with Crippen LogP contribution in [0, 0.1) is 0 Å². The standard InChI is InChI=1S/C14H28N2O/c1-12-6-8-15-14(2,3)11-16(12)9-7-13-5-4-10-17-13/h12-13,15H,4-11H2,1-3H3. The highest BCUT2D eigenvalue weighted by molar-refractivity contribution is 4.88. The smallest absolute Gasteiger partial charge is 0.0588 e. The van der Waals surface area contributed by atoms with Crippen molar-refractivity contribution >= 4 is 0 Å². The molecule has 0 radical (unpaired) electrons. The number of rotatable bonds is 3. The summed E-state index contributed by atoms with van der Waals surface area (Å²) in [6, 6.07) is 0.700. The van der Waals surface area contributed by atoms with E-state index < -0.39 is 0 Å². The molecule has 0 saturated carbocycles. The Morgan fingerprint density at radius 2 is 2.18 bits per heavy atom. The van der Waals surface area contributed by atoms with Crippen LogP contribution < -0.4 is 5.32 Å². The number of nitrogens with zero attached hydrogens (tertiary/aromatic N) is 1. The number of nitrogens with one attached hydrogen (secondary N) is 1. The molecule has 0 aromatic carbocycles. The zero-order chi connectivity index (χ0) is 12.3. The average Bonchev–Trinajstić information content (AvgIpc) is 2.72. The molecule has 0 bridgehead atoms. The maximum absolute atomic E-state index is 5.72. The fourth-order valence-corrected chi connectivity index (χ4v) is 3.00. The summed E-state index contributed by atoms with van der Waals surface area (Å²) in [4.78, 5) is 2.64. The molecule has 2 aliphatic heterocycles. The molecule has 100 valence electrons. The molecule has 2 aliphatic rings. The van der Waals surface area contributed by atoms with Crippen molar-refractivity contribution in [1.29, 1.82) is 0 Å². The van der Waals surface area contributed by atoms with Crippen LogP contribution in [-0.4, -0.2) is 48.8 Å². The largest absolute Gasteiger partial charge is 0.378 e. The van der Waals surface area contributed by atoms with E-state index in [0.717, 1.165) is 19.7 Å². The van der Waals surface area contributed by atoms with Crippen molar-refractivity contribution in [1.82, 2.24) is 10.2 Å². The zero-order valence-electron chi connectivity index (χ0n) is 11.7. The van der Waals surface area contributed by atoms with Gasteiger partial charge in [-0.1, -0.05) is 0 Å². The van der Waals surface area contributed by atoms with Gasteiger partial charge in [0.25, 0.3) is 0 Å². The lowest BCUT2D eigenvalue weighted by Gasteiger charge is -2.33. The summed E-state index contributed by atoms with van der Waals surface area (Å²) in [7, 11) is 0. The molecule has 2 heterocycles. The van der Waals surface area contributed by atoms with Crippen LogP contribution in [0.4, 0.5) is 0 Å². The molecule has 2 saturated heterocycles. The minimum Gasteiger partial charge on any atom is -0.378 e. The maximum Gasteiger partial charge on any atom is 0.0588 e. The molecule has 0 aromatic heterocycles. The molecule has 3 heteroatoms. The first-order valence-electron chi connectivity index (χ1n) is 7.17. The predicted octanol–water partition coefficient (Wildman–Crippen LogP) is 2.02. The third-order valence-electron chi connectivity index (χ3n) is 4.15. The summed E-state index contributed by atoms with van der Waals surface area (Å²) >= 11 is 0. The molecular weight excluding hydrogens is 212 g/mol. The molecule has 0 aromatic rings. The van der Waals surface area contributed by atoms with Crippen LogP contribution in [0.5, 0.6) is 0 Å². The van der Waals surface area contributed by atoms with Crippen LogP contribution in [0.1, 0.15) is 46.5 Å². The quantitative estimate of drug-likeness (QED) is 0.817. The SMILES string of the molecule is CC1CCNC(C)(C)CN1CCC1CCCO1. The highest BCUT2D eigenvalue weighted by Gasteiger charge is 2.28. The van der Waals surface area contributed by atoms with Crippen molar-refractivity contribution in [3.05, 3.63) is 0 Å².